The van der Waals surface area contributed by atoms with Crippen LogP contribution in [0.2, 0.25) is 0 Å². The quantitative estimate of drug-likeness (QED) is 0.852. The first-order valence-corrected chi connectivity index (χ1v) is 6.03. The third-order valence-corrected chi connectivity index (χ3v) is 3.04. The molecule has 0 bridgehead atoms. The summed E-state index contributed by atoms with van der Waals surface area (Å²) in [5.41, 5.74) is 0.890. The van der Waals surface area contributed by atoms with Crippen molar-refractivity contribution in [1.29, 1.82) is 0 Å². The van der Waals surface area contributed by atoms with Crippen LogP contribution in [-0.4, -0.2) is 18.1 Å². The summed E-state index contributed by atoms with van der Waals surface area (Å²) in [4.78, 5) is 4.27. The maximum Gasteiger partial charge on any atom is 0.394 e. The van der Waals surface area contributed by atoms with Gasteiger partial charge in [-0.2, -0.15) is 4.98 Å². The van der Waals surface area contributed by atoms with E-state index in [1.807, 2.05) is 7.05 Å². The number of hydrogen-bond acceptors (Lipinski definition) is 4. The van der Waals surface area contributed by atoms with E-state index in [-0.39, 0.29) is 6.10 Å². The Morgan fingerprint density at radius 2 is 2.44 bits per heavy atom. The Bertz CT molecular complexity index is 325. The van der Waals surface area contributed by atoms with Crippen LogP contribution in [0.15, 0.2) is 10.7 Å². The van der Waals surface area contributed by atoms with Crippen LogP contribution in [0.3, 0.4) is 0 Å². The van der Waals surface area contributed by atoms with Crippen LogP contribution in [-0.2, 0) is 6.54 Å². The molecule has 0 aliphatic heterocycles. The fraction of sp³-hybridized carbons (Fsp3) is 0.750. The summed E-state index contributed by atoms with van der Waals surface area (Å²) in [5.74, 6) is 0.755. The monoisotopic (exact) mass is 224 g/mol. The fourth-order valence-corrected chi connectivity index (χ4v) is 2.23. The van der Waals surface area contributed by atoms with Crippen molar-refractivity contribution in [2.75, 3.05) is 7.05 Å². The highest BCUT2D eigenvalue weighted by Gasteiger charge is 2.21. The second-order valence-electron chi connectivity index (χ2n) is 4.65. The molecule has 1 aliphatic carbocycles. The van der Waals surface area contributed by atoms with Crippen molar-refractivity contribution < 1.29 is 9.15 Å². The second kappa shape index (κ2) is 5.34. The lowest BCUT2D eigenvalue weighted by Gasteiger charge is -2.25. The molecule has 0 spiro atoms. The van der Waals surface area contributed by atoms with Gasteiger partial charge in [0.15, 0.2) is 0 Å². The zero-order chi connectivity index (χ0) is 11.4. The van der Waals surface area contributed by atoms with Crippen LogP contribution < -0.4 is 10.1 Å². The maximum absolute atomic E-state index is 5.75. The van der Waals surface area contributed by atoms with Crippen LogP contribution in [0.5, 0.6) is 6.08 Å². The summed E-state index contributed by atoms with van der Waals surface area (Å²) >= 11 is 0. The highest BCUT2D eigenvalue weighted by molar-refractivity contribution is 4.99. The smallest absolute Gasteiger partial charge is 0.394 e. The standard InChI is InChI=1S/C12H20N2O2/c1-9-4-3-5-11(6-9)16-12-14-10(7-13-2)8-15-12/h8-9,11,13H,3-7H2,1-2H3. The first-order valence-electron chi connectivity index (χ1n) is 6.03. The number of hydrogen-bond donors (Lipinski definition) is 1. The number of oxazole rings is 1. The zero-order valence-corrected chi connectivity index (χ0v) is 10.0. The minimum atomic E-state index is 0.282. The first-order chi connectivity index (χ1) is 7.78. The molecule has 1 aromatic heterocycles. The van der Waals surface area contributed by atoms with Gasteiger partial charge in [0, 0.05) is 6.54 Å². The van der Waals surface area contributed by atoms with E-state index >= 15 is 0 Å². The lowest BCUT2D eigenvalue weighted by molar-refractivity contribution is 0.0938. The minimum absolute atomic E-state index is 0.282. The van der Waals surface area contributed by atoms with Crippen LogP contribution in [0, 0.1) is 5.92 Å². The van der Waals surface area contributed by atoms with E-state index in [1.54, 1.807) is 6.26 Å². The van der Waals surface area contributed by atoms with Gasteiger partial charge >= 0.3 is 6.08 Å². The molecule has 16 heavy (non-hydrogen) atoms. The van der Waals surface area contributed by atoms with E-state index < -0.39 is 0 Å². The summed E-state index contributed by atoms with van der Waals surface area (Å²) in [7, 11) is 1.89. The lowest BCUT2D eigenvalue weighted by atomic mass is 9.89. The van der Waals surface area contributed by atoms with Crippen LogP contribution in [0.25, 0.3) is 0 Å². The fourth-order valence-electron chi connectivity index (χ4n) is 2.23. The second-order valence-corrected chi connectivity index (χ2v) is 4.65. The van der Waals surface area contributed by atoms with E-state index in [1.165, 1.54) is 12.8 Å². The van der Waals surface area contributed by atoms with E-state index in [4.69, 9.17) is 9.15 Å². The van der Waals surface area contributed by atoms with E-state index in [0.717, 1.165) is 24.5 Å². The third-order valence-electron chi connectivity index (χ3n) is 3.04. The average molecular weight is 224 g/mol. The SMILES string of the molecule is CNCc1coc(OC2CCCC(C)C2)n1. The van der Waals surface area contributed by atoms with Crippen LogP contribution >= 0.6 is 0 Å². The molecule has 0 radical (unpaired) electrons. The Hall–Kier alpha value is -1.03. The number of rotatable bonds is 4. The molecule has 0 aromatic carbocycles. The molecule has 2 rings (SSSR count). The van der Waals surface area contributed by atoms with Crippen molar-refractivity contribution in [3.8, 4) is 6.08 Å². The molecule has 90 valence electrons. The summed E-state index contributed by atoms with van der Waals surface area (Å²) < 4.78 is 11.0. The van der Waals surface area contributed by atoms with Crippen molar-refractivity contribution in [2.45, 2.75) is 45.3 Å². The molecule has 1 saturated carbocycles. The molecule has 1 N–H and O–H groups in total. The van der Waals surface area contributed by atoms with Gasteiger partial charge in [-0.3, -0.25) is 0 Å². The molecule has 4 heteroatoms. The Kier molecular flexibility index (Phi) is 3.83. The number of ether oxygens (including phenoxy) is 1. The summed E-state index contributed by atoms with van der Waals surface area (Å²) in [5, 5.41) is 3.03. The van der Waals surface area contributed by atoms with Gasteiger partial charge in [-0.1, -0.05) is 13.3 Å². The molecule has 1 heterocycles. The minimum Gasteiger partial charge on any atom is -0.447 e. The number of aromatic nitrogens is 1. The van der Waals surface area contributed by atoms with Crippen molar-refractivity contribution in [3.63, 3.8) is 0 Å². The first kappa shape index (κ1) is 11.5. The largest absolute Gasteiger partial charge is 0.447 e. The Labute approximate surface area is 96.4 Å². The van der Waals surface area contributed by atoms with Crippen LogP contribution in [0.4, 0.5) is 0 Å². The Balaban J connectivity index is 1.87. The highest BCUT2D eigenvalue weighted by atomic mass is 16.6. The molecule has 2 unspecified atom stereocenters. The Morgan fingerprint density at radius 1 is 1.56 bits per heavy atom. The summed E-state index contributed by atoms with van der Waals surface area (Å²) in [6.45, 7) is 2.99. The third kappa shape index (κ3) is 2.98. The highest BCUT2D eigenvalue weighted by Crippen LogP contribution is 2.26. The molecule has 0 saturated heterocycles. The zero-order valence-electron chi connectivity index (χ0n) is 10.0. The maximum atomic E-state index is 5.75. The number of nitrogens with one attached hydrogen (secondary N) is 1. The van der Waals surface area contributed by atoms with Crippen molar-refractivity contribution in [2.24, 2.45) is 5.92 Å². The normalized spacial score (nSPS) is 25.6. The van der Waals surface area contributed by atoms with Gasteiger partial charge in [0.25, 0.3) is 0 Å². The van der Waals surface area contributed by atoms with Gasteiger partial charge in [0.1, 0.15) is 12.4 Å². The molecule has 1 aliphatic rings. The van der Waals surface area contributed by atoms with E-state index in [9.17, 15) is 0 Å². The van der Waals surface area contributed by atoms with Gasteiger partial charge < -0.3 is 14.5 Å². The van der Waals surface area contributed by atoms with Crippen LogP contribution in [0.1, 0.15) is 38.3 Å². The molecule has 1 fully saturated rings. The van der Waals surface area contributed by atoms with Gasteiger partial charge in [-0.05, 0) is 32.2 Å². The van der Waals surface area contributed by atoms with Crippen molar-refractivity contribution in [1.82, 2.24) is 10.3 Å². The van der Waals surface area contributed by atoms with Gasteiger partial charge in [0.05, 0.1) is 5.69 Å². The lowest BCUT2D eigenvalue weighted by Crippen LogP contribution is -2.24. The summed E-state index contributed by atoms with van der Waals surface area (Å²) in [6.07, 6.45) is 7.15. The predicted molar refractivity (Wildman–Crippen MR) is 61.3 cm³/mol. The molecular weight excluding hydrogens is 204 g/mol. The predicted octanol–water partition coefficient (Wildman–Crippen LogP) is 2.35. The molecule has 2 atom stereocenters. The number of nitrogens with zero attached hydrogens (tertiary/aromatic N) is 1. The van der Waals surface area contributed by atoms with E-state index in [2.05, 4.69) is 17.2 Å². The molecule has 1 aromatic rings. The van der Waals surface area contributed by atoms with Crippen molar-refractivity contribution >= 4 is 0 Å². The van der Waals surface area contributed by atoms with Gasteiger partial charge in [-0.25, -0.2) is 0 Å². The average Bonchev–Trinajstić information content (AvgIpc) is 2.66. The van der Waals surface area contributed by atoms with Gasteiger partial charge in [0.2, 0.25) is 0 Å². The van der Waals surface area contributed by atoms with Crippen molar-refractivity contribution in [3.05, 3.63) is 12.0 Å². The Morgan fingerprint density at radius 3 is 3.19 bits per heavy atom. The van der Waals surface area contributed by atoms with E-state index in [0.29, 0.717) is 12.6 Å². The molecular formula is C12H20N2O2. The topological polar surface area (TPSA) is 47.3 Å². The molecule has 4 nitrogen and oxygen atoms in total. The van der Waals surface area contributed by atoms with Gasteiger partial charge in [-0.15, -0.1) is 0 Å². The molecule has 0 amide bonds. The summed E-state index contributed by atoms with van der Waals surface area (Å²) in [6, 6.07) is 0.